The van der Waals surface area contributed by atoms with Crippen LogP contribution in [0, 0.1) is 0 Å². The molecule has 0 unspecified atom stereocenters. The number of anilines is 6. The summed E-state index contributed by atoms with van der Waals surface area (Å²) in [6.07, 6.45) is 2.23. The zero-order chi connectivity index (χ0) is 27.8. The topological polar surface area (TPSA) is 13.6 Å². The van der Waals surface area contributed by atoms with E-state index in [-0.39, 0.29) is 13.2 Å². The Morgan fingerprint density at radius 2 is 1.05 bits per heavy atom. The van der Waals surface area contributed by atoms with Crippen LogP contribution in [-0.2, 0) is 0 Å². The molecule has 9 rings (SSSR count). The summed E-state index contributed by atoms with van der Waals surface area (Å²) in [5.41, 5.74) is 12.3. The number of fused-ring (bicyclic) bond motifs is 7. The smallest absolute Gasteiger partial charge is 0.319 e. The van der Waals surface area contributed by atoms with Crippen molar-refractivity contribution in [2.75, 3.05) is 14.4 Å². The Bertz CT molecular complexity index is 1930. The largest absolute Gasteiger partial charge is 0.644 e. The van der Waals surface area contributed by atoms with E-state index in [0.29, 0.717) is 0 Å². The van der Waals surface area contributed by atoms with Crippen molar-refractivity contribution >= 4 is 41.4 Å². The summed E-state index contributed by atoms with van der Waals surface area (Å²) in [4.78, 5) is 7.67. The summed E-state index contributed by atoms with van der Waals surface area (Å²) in [7, 11) is -0.105. The van der Waals surface area contributed by atoms with Gasteiger partial charge in [0, 0.05) is 22.4 Å². The van der Waals surface area contributed by atoms with E-state index in [2.05, 4.69) is 172 Å². The first-order valence-corrected chi connectivity index (χ1v) is 14.6. The molecular formula is C37H28BN4+. The maximum atomic E-state index is 2.58. The maximum absolute atomic E-state index is 2.58. The van der Waals surface area contributed by atoms with Gasteiger partial charge in [0.2, 0.25) is 0 Å². The SMILES string of the molecule is C[C@@H]1c2ccccc2N2B3N(c4ccccc4N3c3c(-c4ccccc4)cccc3-c3ccccc3)c3ccc[n+]1c32. The van der Waals surface area contributed by atoms with Crippen molar-refractivity contribution in [2.24, 2.45) is 0 Å². The Hall–Kier alpha value is -5.29. The molecule has 3 aliphatic rings. The molecule has 0 bridgehead atoms. The third-order valence-corrected chi connectivity index (χ3v) is 9.07. The number of rotatable bonds is 3. The minimum atomic E-state index is -0.105. The fourth-order valence-electron chi connectivity index (χ4n) is 7.27. The van der Waals surface area contributed by atoms with Crippen LogP contribution >= 0.6 is 0 Å². The van der Waals surface area contributed by atoms with E-state index in [9.17, 15) is 0 Å². The van der Waals surface area contributed by atoms with Gasteiger partial charge in [-0.05, 0) is 48.4 Å². The lowest BCUT2D eigenvalue weighted by molar-refractivity contribution is -0.698. The fourth-order valence-corrected chi connectivity index (χ4v) is 7.27. The number of nitrogens with zero attached hydrogens (tertiary/aromatic N) is 4. The summed E-state index contributed by atoms with van der Waals surface area (Å²) in [6.45, 7) is 2.31. The predicted molar refractivity (Wildman–Crippen MR) is 173 cm³/mol. The van der Waals surface area contributed by atoms with E-state index in [1.165, 1.54) is 62.1 Å². The van der Waals surface area contributed by atoms with Gasteiger partial charge < -0.3 is 9.62 Å². The summed E-state index contributed by atoms with van der Waals surface area (Å²) < 4.78 is 2.44. The Balaban J connectivity index is 1.38. The van der Waals surface area contributed by atoms with Crippen molar-refractivity contribution in [1.29, 1.82) is 0 Å². The molecule has 0 spiro atoms. The second-order valence-electron chi connectivity index (χ2n) is 11.2. The summed E-state index contributed by atoms with van der Waals surface area (Å²) in [5.74, 6) is 1.24. The lowest BCUT2D eigenvalue weighted by Crippen LogP contribution is -2.56. The molecule has 198 valence electrons. The van der Waals surface area contributed by atoms with Crippen molar-refractivity contribution in [3.05, 3.63) is 151 Å². The minimum Gasteiger partial charge on any atom is -0.319 e. The normalized spacial score (nSPS) is 15.8. The van der Waals surface area contributed by atoms with Crippen LogP contribution in [0.1, 0.15) is 18.5 Å². The molecule has 0 saturated carbocycles. The molecule has 6 aromatic rings. The molecule has 5 heteroatoms. The minimum absolute atomic E-state index is 0.105. The van der Waals surface area contributed by atoms with E-state index in [0.717, 1.165) is 0 Å². The van der Waals surface area contributed by atoms with Gasteiger partial charge in [0.05, 0.1) is 17.6 Å². The predicted octanol–water partition coefficient (Wildman–Crippen LogP) is 8.66. The number of hydrogen-bond acceptors (Lipinski definition) is 3. The van der Waals surface area contributed by atoms with E-state index in [4.69, 9.17) is 0 Å². The highest BCUT2D eigenvalue weighted by Gasteiger charge is 2.63. The van der Waals surface area contributed by atoms with Crippen molar-refractivity contribution < 1.29 is 4.57 Å². The van der Waals surface area contributed by atoms with Crippen LogP contribution in [0.3, 0.4) is 0 Å². The number of benzene rings is 5. The van der Waals surface area contributed by atoms with Gasteiger partial charge in [0.15, 0.2) is 0 Å². The fraction of sp³-hybridized carbons (Fsp3) is 0.0541. The number of hydrogen-bond donors (Lipinski definition) is 0. The summed E-state index contributed by atoms with van der Waals surface area (Å²) >= 11 is 0. The molecule has 42 heavy (non-hydrogen) atoms. The molecule has 4 heterocycles. The molecule has 0 N–H and O–H groups in total. The van der Waals surface area contributed by atoms with Crippen LogP contribution in [0.25, 0.3) is 22.3 Å². The Kier molecular flexibility index (Phi) is 4.94. The van der Waals surface area contributed by atoms with Gasteiger partial charge >= 0.3 is 7.12 Å². The van der Waals surface area contributed by atoms with E-state index in [1.807, 2.05) is 0 Å². The van der Waals surface area contributed by atoms with Crippen LogP contribution in [0.4, 0.5) is 34.3 Å². The quantitative estimate of drug-likeness (QED) is 0.165. The van der Waals surface area contributed by atoms with Crippen LogP contribution in [0.5, 0.6) is 0 Å². The van der Waals surface area contributed by atoms with Crippen molar-refractivity contribution in [3.8, 4) is 22.3 Å². The number of aromatic nitrogens is 1. The van der Waals surface area contributed by atoms with E-state index >= 15 is 0 Å². The highest BCUT2D eigenvalue weighted by Crippen LogP contribution is 2.58. The van der Waals surface area contributed by atoms with Gasteiger partial charge in [-0.1, -0.05) is 109 Å². The third kappa shape index (κ3) is 3.11. The van der Waals surface area contributed by atoms with Crippen LogP contribution in [0.2, 0.25) is 0 Å². The molecule has 0 radical (unpaired) electrons. The number of para-hydroxylation sites is 4. The van der Waals surface area contributed by atoms with Gasteiger partial charge in [-0.15, -0.1) is 0 Å². The molecule has 0 saturated heterocycles. The Morgan fingerprint density at radius 3 is 1.71 bits per heavy atom. The first-order chi connectivity index (χ1) is 20.8. The highest BCUT2D eigenvalue weighted by atomic mass is 15.5. The third-order valence-electron chi connectivity index (χ3n) is 9.07. The van der Waals surface area contributed by atoms with E-state index < -0.39 is 0 Å². The average molecular weight is 539 g/mol. The van der Waals surface area contributed by atoms with Crippen LogP contribution < -0.4 is 19.0 Å². The van der Waals surface area contributed by atoms with Gasteiger partial charge in [-0.3, -0.25) is 0 Å². The molecule has 0 aliphatic carbocycles. The van der Waals surface area contributed by atoms with E-state index in [1.54, 1.807) is 0 Å². The zero-order valence-corrected chi connectivity index (χ0v) is 23.3. The lowest BCUT2D eigenvalue weighted by atomic mass is 9.82. The maximum Gasteiger partial charge on any atom is 0.644 e. The standard InChI is InChI=1S/C37H28BN4/c1-26-29-18-8-9-21-32(29)42-37-35(24-13-25-39(26)37)40-33-22-10-11-23-34(33)41(38(40)42)36-30(27-14-4-2-5-15-27)19-12-20-31(36)28-16-6-3-7-17-28/h2-26H,1H3/q+1/t26-/m1/s1. The van der Waals surface area contributed by atoms with Gasteiger partial charge in [0.25, 0.3) is 5.82 Å². The molecule has 0 fully saturated rings. The molecular weight excluding hydrogens is 511 g/mol. The van der Waals surface area contributed by atoms with Crippen LogP contribution in [-0.4, -0.2) is 7.12 Å². The second-order valence-corrected chi connectivity index (χ2v) is 11.2. The summed E-state index contributed by atoms with van der Waals surface area (Å²) in [5, 5.41) is 0. The molecule has 0 amide bonds. The zero-order valence-electron chi connectivity index (χ0n) is 23.3. The first kappa shape index (κ1) is 23.4. The molecule has 5 aromatic carbocycles. The Morgan fingerprint density at radius 1 is 0.500 bits per heavy atom. The average Bonchev–Trinajstić information content (AvgIpc) is 3.57. The summed E-state index contributed by atoms with van der Waals surface area (Å²) in [6, 6.07) is 50.9. The molecule has 1 aromatic heterocycles. The van der Waals surface area contributed by atoms with Gasteiger partial charge in [-0.2, -0.15) is 0 Å². The highest BCUT2D eigenvalue weighted by molar-refractivity contribution is 6.80. The first-order valence-electron chi connectivity index (χ1n) is 14.6. The lowest BCUT2D eigenvalue weighted by Gasteiger charge is -2.33. The van der Waals surface area contributed by atoms with Crippen molar-refractivity contribution in [3.63, 3.8) is 0 Å². The number of pyridine rings is 1. The van der Waals surface area contributed by atoms with Gasteiger partial charge in [-0.25, -0.2) is 9.38 Å². The second kappa shape index (κ2) is 8.86. The molecule has 1 atom stereocenters. The monoisotopic (exact) mass is 539 g/mol. The van der Waals surface area contributed by atoms with Crippen molar-refractivity contribution in [1.82, 2.24) is 0 Å². The van der Waals surface area contributed by atoms with Crippen molar-refractivity contribution in [2.45, 2.75) is 13.0 Å². The van der Waals surface area contributed by atoms with Gasteiger partial charge in [0.1, 0.15) is 17.4 Å². The van der Waals surface area contributed by atoms with Crippen LogP contribution in [0.15, 0.2) is 146 Å². The molecule has 3 aliphatic heterocycles. The molecule has 4 nitrogen and oxygen atoms in total. The Labute approximate surface area is 246 Å².